The van der Waals surface area contributed by atoms with Crippen molar-refractivity contribution in [3.63, 3.8) is 0 Å². The van der Waals surface area contributed by atoms with E-state index in [9.17, 15) is 18.0 Å². The van der Waals surface area contributed by atoms with Crippen LogP contribution in [0.15, 0.2) is 36.7 Å². The number of pyridine rings is 1. The van der Waals surface area contributed by atoms with E-state index < -0.39 is 11.9 Å². The summed E-state index contributed by atoms with van der Waals surface area (Å²) in [6, 6.07) is 5.47. The van der Waals surface area contributed by atoms with E-state index >= 15 is 0 Å². The van der Waals surface area contributed by atoms with Crippen LogP contribution in [0.4, 0.5) is 18.9 Å². The molecule has 6 nitrogen and oxygen atoms in total. The van der Waals surface area contributed by atoms with Crippen LogP contribution < -0.4 is 10.6 Å². The van der Waals surface area contributed by atoms with E-state index in [2.05, 4.69) is 20.7 Å². The van der Waals surface area contributed by atoms with Crippen molar-refractivity contribution in [2.45, 2.75) is 63.8 Å². The van der Waals surface area contributed by atoms with Crippen molar-refractivity contribution in [2.75, 3.05) is 5.32 Å². The maximum absolute atomic E-state index is 13.4. The number of anilines is 1. The minimum Gasteiger partial charge on any atom is -0.382 e. The zero-order valence-electron chi connectivity index (χ0n) is 18.1. The highest BCUT2D eigenvalue weighted by Gasteiger charge is 2.34. The van der Waals surface area contributed by atoms with Crippen molar-refractivity contribution in [3.05, 3.63) is 52.9 Å². The van der Waals surface area contributed by atoms with Crippen LogP contribution in [-0.2, 0) is 12.7 Å². The molecule has 2 atom stereocenters. The van der Waals surface area contributed by atoms with Gasteiger partial charge in [-0.05, 0) is 56.4 Å². The van der Waals surface area contributed by atoms with Crippen LogP contribution in [0.2, 0.25) is 5.02 Å². The van der Waals surface area contributed by atoms with Crippen molar-refractivity contribution in [1.82, 2.24) is 20.1 Å². The number of fused-ring (bicyclic) bond motifs is 1. The number of alkyl halides is 3. The molecule has 0 radical (unpaired) electrons. The Kier molecular flexibility index (Phi) is 6.78. The van der Waals surface area contributed by atoms with E-state index in [4.69, 9.17) is 11.6 Å². The summed E-state index contributed by atoms with van der Waals surface area (Å²) in [4.78, 5) is 16.4. The van der Waals surface area contributed by atoms with Crippen molar-refractivity contribution in [1.29, 1.82) is 0 Å². The number of carbonyl (C=O) groups excluding carboxylic acids is 1. The quantitative estimate of drug-likeness (QED) is 0.478. The Labute approximate surface area is 194 Å². The van der Waals surface area contributed by atoms with Gasteiger partial charge in [-0.25, -0.2) is 4.98 Å². The minimum atomic E-state index is -4.56. The summed E-state index contributed by atoms with van der Waals surface area (Å²) in [5.41, 5.74) is 0.113. The summed E-state index contributed by atoms with van der Waals surface area (Å²) in [6.07, 6.45) is 2.67. The molecule has 1 aliphatic rings. The third kappa shape index (κ3) is 5.58. The number of halogens is 4. The lowest BCUT2D eigenvalue weighted by atomic mass is 9.90. The topological polar surface area (TPSA) is 71.8 Å². The Morgan fingerprint density at radius 2 is 2.03 bits per heavy atom. The number of benzene rings is 1. The molecule has 1 fully saturated rings. The largest absolute Gasteiger partial charge is 0.433 e. The molecule has 0 spiro atoms. The maximum Gasteiger partial charge on any atom is 0.433 e. The zero-order valence-corrected chi connectivity index (χ0v) is 18.9. The molecule has 1 aromatic carbocycles. The Balaban J connectivity index is 1.49. The summed E-state index contributed by atoms with van der Waals surface area (Å²) >= 11 is 6.09. The van der Waals surface area contributed by atoms with Crippen molar-refractivity contribution in [2.24, 2.45) is 0 Å². The number of amides is 1. The first-order valence-electron chi connectivity index (χ1n) is 11.0. The number of aryl methyl sites for hydroxylation is 1. The Morgan fingerprint density at radius 3 is 2.79 bits per heavy atom. The third-order valence-corrected chi connectivity index (χ3v) is 6.01. The average molecular weight is 480 g/mol. The molecular weight excluding hydrogens is 455 g/mol. The summed E-state index contributed by atoms with van der Waals surface area (Å²) < 4.78 is 41.9. The molecule has 0 saturated heterocycles. The first kappa shape index (κ1) is 23.4. The molecule has 10 heteroatoms. The molecule has 3 aromatic rings. The summed E-state index contributed by atoms with van der Waals surface area (Å²) in [6.45, 7) is 2.78. The molecule has 176 valence electrons. The molecule has 1 aliphatic carbocycles. The molecule has 1 saturated carbocycles. The van der Waals surface area contributed by atoms with Crippen molar-refractivity contribution in [3.8, 4) is 0 Å². The Morgan fingerprint density at radius 1 is 1.24 bits per heavy atom. The van der Waals surface area contributed by atoms with E-state index in [1.54, 1.807) is 23.1 Å². The van der Waals surface area contributed by atoms with Gasteiger partial charge in [-0.1, -0.05) is 18.5 Å². The number of carbonyl (C=O) groups is 1. The molecule has 2 heterocycles. The van der Waals surface area contributed by atoms with Gasteiger partial charge in [0.15, 0.2) is 0 Å². The second kappa shape index (κ2) is 9.59. The van der Waals surface area contributed by atoms with E-state index in [1.165, 1.54) is 12.1 Å². The van der Waals surface area contributed by atoms with Gasteiger partial charge in [-0.15, -0.1) is 0 Å². The smallest absolute Gasteiger partial charge is 0.382 e. The molecule has 0 aliphatic heterocycles. The highest BCUT2D eigenvalue weighted by atomic mass is 35.5. The molecule has 0 bridgehead atoms. The fraction of sp³-hybridized carbons (Fsp3) is 0.435. The van der Waals surface area contributed by atoms with Gasteiger partial charge in [0.2, 0.25) is 0 Å². The van der Waals surface area contributed by atoms with Crippen LogP contribution in [-0.4, -0.2) is 32.8 Å². The van der Waals surface area contributed by atoms with Gasteiger partial charge in [-0.2, -0.15) is 18.3 Å². The number of nitrogens with zero attached hydrogens (tertiary/aromatic N) is 3. The van der Waals surface area contributed by atoms with Crippen LogP contribution >= 0.6 is 11.6 Å². The number of rotatable bonds is 6. The summed E-state index contributed by atoms with van der Waals surface area (Å²) in [5, 5.41) is 11.4. The summed E-state index contributed by atoms with van der Waals surface area (Å²) in [5.74, 6) is -0.191. The lowest BCUT2D eigenvalue weighted by Crippen LogP contribution is -2.41. The predicted octanol–water partition coefficient (Wildman–Crippen LogP) is 5.67. The molecule has 2 aromatic heterocycles. The molecule has 33 heavy (non-hydrogen) atoms. The van der Waals surface area contributed by atoms with Crippen LogP contribution in [0.5, 0.6) is 0 Å². The Bertz CT molecular complexity index is 1150. The van der Waals surface area contributed by atoms with Gasteiger partial charge in [-0.3, -0.25) is 9.48 Å². The fourth-order valence-electron chi connectivity index (χ4n) is 4.24. The van der Waals surface area contributed by atoms with E-state index in [0.29, 0.717) is 28.1 Å². The summed E-state index contributed by atoms with van der Waals surface area (Å²) in [7, 11) is 0. The normalized spacial score (nSPS) is 18.9. The minimum absolute atomic E-state index is 0.0861. The standard InChI is InChI=1S/C23H25ClF3N5O/c1-2-8-32-13-14(12-28-32)22(33)30-17-5-3-4-16(10-17)29-20-11-21(23(25,26)27)31-19-7-6-15(24)9-18(19)20/h6-7,9,11-13,16-17H,2-5,8,10H2,1H3,(H,29,31)(H,30,33)/t16-,17+/m0/s1. The second-order valence-electron chi connectivity index (χ2n) is 8.38. The molecule has 1 amide bonds. The molecule has 0 unspecified atom stereocenters. The first-order chi connectivity index (χ1) is 15.7. The van der Waals surface area contributed by atoms with Gasteiger partial charge >= 0.3 is 6.18 Å². The number of hydrogen-bond donors (Lipinski definition) is 2. The van der Waals surface area contributed by atoms with Gasteiger partial charge in [0.1, 0.15) is 5.69 Å². The van der Waals surface area contributed by atoms with Crippen molar-refractivity contribution >= 4 is 34.1 Å². The van der Waals surface area contributed by atoms with Gasteiger partial charge in [0.05, 0.1) is 17.3 Å². The second-order valence-corrected chi connectivity index (χ2v) is 8.82. The van der Waals surface area contributed by atoms with Crippen molar-refractivity contribution < 1.29 is 18.0 Å². The predicted molar refractivity (Wildman–Crippen MR) is 121 cm³/mol. The fourth-order valence-corrected chi connectivity index (χ4v) is 4.41. The van der Waals surface area contributed by atoms with Gasteiger partial charge in [0, 0.05) is 40.9 Å². The lowest BCUT2D eigenvalue weighted by molar-refractivity contribution is -0.140. The third-order valence-electron chi connectivity index (χ3n) is 5.78. The number of aromatic nitrogens is 3. The lowest BCUT2D eigenvalue weighted by Gasteiger charge is -2.31. The van der Waals surface area contributed by atoms with E-state index in [0.717, 1.165) is 38.3 Å². The maximum atomic E-state index is 13.4. The molecule has 4 rings (SSSR count). The first-order valence-corrected chi connectivity index (χ1v) is 11.4. The Hall–Kier alpha value is -2.81. The SMILES string of the molecule is CCCn1cc(C(=O)N[C@@H]2CCC[C@H](Nc3cc(C(F)(F)F)nc4ccc(Cl)cc34)C2)cn1. The number of hydrogen-bond acceptors (Lipinski definition) is 4. The van der Waals surface area contributed by atoms with E-state index in [-0.39, 0.29) is 23.5 Å². The van der Waals surface area contributed by atoms with E-state index in [1.807, 2.05) is 6.92 Å². The van der Waals surface area contributed by atoms with Crippen LogP contribution in [0.1, 0.15) is 55.1 Å². The van der Waals surface area contributed by atoms with Crippen LogP contribution in [0, 0.1) is 0 Å². The van der Waals surface area contributed by atoms with Gasteiger partial charge < -0.3 is 10.6 Å². The van der Waals surface area contributed by atoms with Crippen LogP contribution in [0.3, 0.4) is 0 Å². The zero-order chi connectivity index (χ0) is 23.6. The van der Waals surface area contributed by atoms with Gasteiger partial charge in [0.25, 0.3) is 5.91 Å². The highest BCUT2D eigenvalue weighted by Crippen LogP contribution is 2.35. The highest BCUT2D eigenvalue weighted by molar-refractivity contribution is 6.31. The number of nitrogens with one attached hydrogen (secondary N) is 2. The average Bonchev–Trinajstić information content (AvgIpc) is 3.23. The van der Waals surface area contributed by atoms with Crippen LogP contribution in [0.25, 0.3) is 10.9 Å². The monoisotopic (exact) mass is 479 g/mol. The molecule has 2 N–H and O–H groups in total. The molecular formula is C23H25ClF3N5O.